The normalized spacial score (nSPS) is 16.6. The average molecular weight is 303 g/mol. The first-order valence-electron chi connectivity index (χ1n) is 5.75. The van der Waals surface area contributed by atoms with Crippen LogP contribution in [-0.2, 0) is 11.2 Å². The predicted octanol–water partition coefficient (Wildman–Crippen LogP) is 3.12. The molecule has 0 spiro atoms. The molecule has 18 heavy (non-hydrogen) atoms. The van der Waals surface area contributed by atoms with Crippen molar-refractivity contribution in [3.05, 3.63) is 58.2 Å². The highest BCUT2D eigenvalue weighted by Crippen LogP contribution is 2.35. The number of fused-ring (bicyclic) bond motifs is 1. The topological polar surface area (TPSA) is 42.0 Å². The summed E-state index contributed by atoms with van der Waals surface area (Å²) >= 11 is 3.28. The molecule has 1 aliphatic rings. The molecule has 1 aromatic heterocycles. The fourth-order valence-electron chi connectivity index (χ4n) is 2.18. The number of carbonyl (C=O) groups excluding carboxylic acids is 1. The molecule has 1 heterocycles. The van der Waals surface area contributed by atoms with Gasteiger partial charge in [-0.1, -0.05) is 30.3 Å². The molecule has 0 saturated carbocycles. The van der Waals surface area contributed by atoms with Crippen LogP contribution in [0.4, 0.5) is 5.82 Å². The van der Waals surface area contributed by atoms with E-state index in [1.807, 2.05) is 30.3 Å². The zero-order chi connectivity index (χ0) is 12.5. The van der Waals surface area contributed by atoms with Gasteiger partial charge in [0.05, 0.1) is 5.92 Å². The van der Waals surface area contributed by atoms with E-state index in [0.717, 1.165) is 12.0 Å². The molecule has 1 N–H and O–H groups in total. The van der Waals surface area contributed by atoms with Gasteiger partial charge in [-0.25, -0.2) is 4.98 Å². The van der Waals surface area contributed by atoms with Crippen molar-refractivity contribution in [2.24, 2.45) is 0 Å². The van der Waals surface area contributed by atoms with Crippen molar-refractivity contribution in [2.75, 3.05) is 5.32 Å². The van der Waals surface area contributed by atoms with E-state index < -0.39 is 0 Å². The fraction of sp³-hybridized carbons (Fsp3) is 0.143. The lowest BCUT2D eigenvalue weighted by atomic mass is 9.77. The number of halogens is 1. The maximum absolute atomic E-state index is 12.1. The minimum Gasteiger partial charge on any atom is -0.310 e. The van der Waals surface area contributed by atoms with Crippen molar-refractivity contribution < 1.29 is 4.79 Å². The molecule has 90 valence electrons. The van der Waals surface area contributed by atoms with Crippen molar-refractivity contribution in [1.29, 1.82) is 0 Å². The third-order valence-corrected chi connectivity index (χ3v) is 3.58. The lowest BCUT2D eigenvalue weighted by molar-refractivity contribution is -0.118. The fourth-order valence-corrected chi connectivity index (χ4v) is 2.53. The summed E-state index contributed by atoms with van der Waals surface area (Å²) in [5.74, 6) is 0.556. The van der Waals surface area contributed by atoms with Crippen molar-refractivity contribution in [2.45, 2.75) is 12.3 Å². The van der Waals surface area contributed by atoms with Crippen molar-refractivity contribution in [1.82, 2.24) is 4.98 Å². The van der Waals surface area contributed by atoms with Gasteiger partial charge in [0.15, 0.2) is 0 Å². The molecule has 3 rings (SSSR count). The molecule has 1 aliphatic carbocycles. The van der Waals surface area contributed by atoms with E-state index in [1.165, 1.54) is 5.56 Å². The number of rotatable bonds is 2. The van der Waals surface area contributed by atoms with Crippen LogP contribution in [-0.4, -0.2) is 10.9 Å². The van der Waals surface area contributed by atoms with Gasteiger partial charge in [0.2, 0.25) is 5.91 Å². The summed E-state index contributed by atoms with van der Waals surface area (Å²) in [4.78, 5) is 16.3. The van der Waals surface area contributed by atoms with Crippen LogP contribution in [0.2, 0.25) is 0 Å². The van der Waals surface area contributed by atoms with Gasteiger partial charge in [-0.3, -0.25) is 4.79 Å². The standard InChI is InChI=1S/C14H11BrN2O/c15-12-6-3-7-13(16-12)17-14(18)11-8-9-4-1-2-5-10(9)11/h1-7,11H,8H2,(H,16,17,18). The third kappa shape index (κ3) is 2.04. The van der Waals surface area contributed by atoms with Gasteiger partial charge in [0, 0.05) is 0 Å². The Bertz CT molecular complexity index is 612. The van der Waals surface area contributed by atoms with Gasteiger partial charge in [0.25, 0.3) is 0 Å². The number of nitrogens with one attached hydrogen (secondary N) is 1. The SMILES string of the molecule is O=C(Nc1cccc(Br)n1)C1Cc2ccccc21. The number of hydrogen-bond donors (Lipinski definition) is 1. The molecular formula is C14H11BrN2O. The van der Waals surface area contributed by atoms with Crippen LogP contribution in [0.25, 0.3) is 0 Å². The molecule has 0 radical (unpaired) electrons. The summed E-state index contributed by atoms with van der Waals surface area (Å²) in [7, 11) is 0. The maximum atomic E-state index is 12.1. The van der Waals surface area contributed by atoms with E-state index >= 15 is 0 Å². The quantitative estimate of drug-likeness (QED) is 0.866. The lowest BCUT2D eigenvalue weighted by Gasteiger charge is -2.28. The van der Waals surface area contributed by atoms with E-state index in [4.69, 9.17) is 0 Å². The largest absolute Gasteiger partial charge is 0.310 e. The molecule has 0 bridgehead atoms. The average Bonchev–Trinajstić information content (AvgIpc) is 2.30. The van der Waals surface area contributed by atoms with Crippen LogP contribution in [0, 0.1) is 0 Å². The summed E-state index contributed by atoms with van der Waals surface area (Å²) in [5, 5.41) is 2.85. The number of anilines is 1. The molecule has 2 aromatic rings. The summed E-state index contributed by atoms with van der Waals surface area (Å²) in [6, 6.07) is 13.5. The summed E-state index contributed by atoms with van der Waals surface area (Å²) < 4.78 is 0.717. The number of aromatic nitrogens is 1. The molecule has 1 amide bonds. The highest BCUT2D eigenvalue weighted by atomic mass is 79.9. The van der Waals surface area contributed by atoms with Crippen LogP contribution in [0.1, 0.15) is 17.0 Å². The van der Waals surface area contributed by atoms with Gasteiger partial charge in [-0.05, 0) is 45.6 Å². The number of benzene rings is 1. The van der Waals surface area contributed by atoms with Gasteiger partial charge in [-0.15, -0.1) is 0 Å². The second-order valence-electron chi connectivity index (χ2n) is 4.29. The number of carbonyl (C=O) groups is 1. The smallest absolute Gasteiger partial charge is 0.233 e. The van der Waals surface area contributed by atoms with Crippen LogP contribution in [0.15, 0.2) is 47.1 Å². The highest BCUT2D eigenvalue weighted by molar-refractivity contribution is 9.10. The first-order chi connectivity index (χ1) is 8.74. The third-order valence-electron chi connectivity index (χ3n) is 3.14. The lowest BCUT2D eigenvalue weighted by Crippen LogP contribution is -2.30. The van der Waals surface area contributed by atoms with Crippen molar-refractivity contribution in [3.63, 3.8) is 0 Å². The molecular weight excluding hydrogens is 292 g/mol. The number of hydrogen-bond acceptors (Lipinski definition) is 2. The molecule has 1 aromatic carbocycles. The van der Waals surface area contributed by atoms with Gasteiger partial charge in [0.1, 0.15) is 10.4 Å². The minimum absolute atomic E-state index is 0.0132. The molecule has 0 saturated heterocycles. The van der Waals surface area contributed by atoms with E-state index in [-0.39, 0.29) is 11.8 Å². The molecule has 4 heteroatoms. The summed E-state index contributed by atoms with van der Waals surface area (Å²) in [6.07, 6.45) is 0.815. The number of pyridine rings is 1. The molecule has 0 fully saturated rings. The second kappa shape index (κ2) is 4.53. The van der Waals surface area contributed by atoms with Gasteiger partial charge < -0.3 is 5.32 Å². The number of amides is 1. The molecule has 3 nitrogen and oxygen atoms in total. The van der Waals surface area contributed by atoms with Crippen molar-refractivity contribution >= 4 is 27.7 Å². The molecule has 1 atom stereocenters. The monoisotopic (exact) mass is 302 g/mol. The van der Waals surface area contributed by atoms with E-state index in [1.54, 1.807) is 6.07 Å². The first kappa shape index (κ1) is 11.4. The Hall–Kier alpha value is -1.68. The minimum atomic E-state index is -0.0398. The first-order valence-corrected chi connectivity index (χ1v) is 6.54. The van der Waals surface area contributed by atoms with Crippen LogP contribution < -0.4 is 5.32 Å². The zero-order valence-corrected chi connectivity index (χ0v) is 11.1. The summed E-state index contributed by atoms with van der Waals surface area (Å²) in [6.45, 7) is 0. The van der Waals surface area contributed by atoms with Crippen LogP contribution in [0.3, 0.4) is 0 Å². The molecule has 1 unspecified atom stereocenters. The van der Waals surface area contributed by atoms with E-state index in [2.05, 4.69) is 32.3 Å². The zero-order valence-electron chi connectivity index (χ0n) is 9.56. The van der Waals surface area contributed by atoms with Gasteiger partial charge in [-0.2, -0.15) is 0 Å². The Morgan fingerprint density at radius 1 is 1.22 bits per heavy atom. The highest BCUT2D eigenvalue weighted by Gasteiger charge is 2.31. The number of nitrogens with zero attached hydrogens (tertiary/aromatic N) is 1. The van der Waals surface area contributed by atoms with Crippen molar-refractivity contribution in [3.8, 4) is 0 Å². The second-order valence-corrected chi connectivity index (χ2v) is 5.10. The van der Waals surface area contributed by atoms with Crippen LogP contribution >= 0.6 is 15.9 Å². The Labute approximate surface area is 113 Å². The van der Waals surface area contributed by atoms with E-state index in [0.29, 0.717) is 10.4 Å². The Balaban J connectivity index is 1.75. The Morgan fingerprint density at radius 2 is 2.06 bits per heavy atom. The van der Waals surface area contributed by atoms with E-state index in [9.17, 15) is 4.79 Å². The van der Waals surface area contributed by atoms with Crippen LogP contribution in [0.5, 0.6) is 0 Å². The predicted molar refractivity (Wildman–Crippen MR) is 73.5 cm³/mol. The van der Waals surface area contributed by atoms with Gasteiger partial charge >= 0.3 is 0 Å². The summed E-state index contributed by atoms with van der Waals surface area (Å²) in [5.41, 5.74) is 2.39. The Kier molecular flexibility index (Phi) is 2.88. The maximum Gasteiger partial charge on any atom is 0.233 e. The molecule has 0 aliphatic heterocycles. The Morgan fingerprint density at radius 3 is 2.83 bits per heavy atom.